The first kappa shape index (κ1) is 13.7. The Hall–Kier alpha value is -0.690. The normalized spacial score (nSPS) is 18.4. The van der Waals surface area contributed by atoms with Crippen molar-refractivity contribution >= 4 is 21.6 Å². The van der Waals surface area contributed by atoms with E-state index < -0.39 is 21.4 Å². The van der Waals surface area contributed by atoms with Gasteiger partial charge in [0, 0.05) is 0 Å². The minimum absolute atomic E-state index is 0.0451. The summed E-state index contributed by atoms with van der Waals surface area (Å²) in [5.41, 5.74) is -0.825. The minimum Gasteiger partial charge on any atom is -0.394 e. The Morgan fingerprint density at radius 3 is 2.61 bits per heavy atom. The average molecular weight is 294 g/mol. The number of nitrogens with one attached hydrogen (secondary N) is 1. The number of aliphatic hydroxyl groups is 1. The third-order valence-electron chi connectivity index (χ3n) is 3.15. The molecule has 0 unspecified atom stereocenters. The maximum atomic E-state index is 13.1. The lowest BCUT2D eigenvalue weighted by atomic mass is 9.78. The molecule has 0 radical (unpaired) electrons. The van der Waals surface area contributed by atoms with Gasteiger partial charge in [0.25, 0.3) is 0 Å². The van der Waals surface area contributed by atoms with Crippen molar-refractivity contribution in [2.75, 3.05) is 6.61 Å². The van der Waals surface area contributed by atoms with E-state index in [9.17, 15) is 17.9 Å². The van der Waals surface area contributed by atoms with Crippen molar-refractivity contribution in [2.24, 2.45) is 0 Å². The summed E-state index contributed by atoms with van der Waals surface area (Å²) in [7, 11) is -3.93. The predicted molar refractivity (Wildman–Crippen MR) is 65.4 cm³/mol. The number of sulfonamides is 1. The smallest absolute Gasteiger partial charge is 0.242 e. The Morgan fingerprint density at radius 2 is 2.11 bits per heavy atom. The van der Waals surface area contributed by atoms with E-state index in [0.717, 1.165) is 18.6 Å². The highest BCUT2D eigenvalue weighted by atomic mass is 35.5. The van der Waals surface area contributed by atoms with Crippen molar-refractivity contribution in [3.05, 3.63) is 29.0 Å². The molecular formula is C11H13ClFNO3S. The van der Waals surface area contributed by atoms with Crippen LogP contribution in [0.25, 0.3) is 0 Å². The van der Waals surface area contributed by atoms with E-state index in [1.165, 1.54) is 6.07 Å². The summed E-state index contributed by atoms with van der Waals surface area (Å²) in [6.07, 6.45) is 1.98. The number of rotatable bonds is 4. The molecule has 4 nitrogen and oxygen atoms in total. The second kappa shape index (κ2) is 4.77. The van der Waals surface area contributed by atoms with Crippen LogP contribution in [-0.2, 0) is 10.0 Å². The lowest BCUT2D eigenvalue weighted by Gasteiger charge is -2.40. The van der Waals surface area contributed by atoms with Crippen LogP contribution in [0.5, 0.6) is 0 Å². The lowest BCUT2D eigenvalue weighted by molar-refractivity contribution is 0.110. The summed E-state index contributed by atoms with van der Waals surface area (Å²) < 4.78 is 39.7. The monoisotopic (exact) mass is 293 g/mol. The number of aliphatic hydroxyl groups excluding tert-OH is 1. The maximum Gasteiger partial charge on any atom is 0.242 e. The molecule has 100 valence electrons. The van der Waals surface area contributed by atoms with Crippen LogP contribution in [-0.4, -0.2) is 25.7 Å². The minimum atomic E-state index is -3.93. The van der Waals surface area contributed by atoms with Gasteiger partial charge in [0.15, 0.2) is 0 Å². The van der Waals surface area contributed by atoms with Crippen LogP contribution >= 0.6 is 11.6 Å². The molecule has 0 atom stereocenters. The van der Waals surface area contributed by atoms with E-state index in [4.69, 9.17) is 11.6 Å². The average Bonchev–Trinajstić information content (AvgIpc) is 2.27. The molecular weight excluding hydrogens is 281 g/mol. The first-order chi connectivity index (χ1) is 8.38. The quantitative estimate of drug-likeness (QED) is 0.887. The SMILES string of the molecule is O=S(=O)(NC1(CO)CCC1)c1cc(F)ccc1Cl. The Morgan fingerprint density at radius 1 is 1.44 bits per heavy atom. The van der Waals surface area contributed by atoms with E-state index in [1.807, 2.05) is 0 Å². The largest absolute Gasteiger partial charge is 0.394 e. The first-order valence-electron chi connectivity index (χ1n) is 5.48. The second-order valence-corrected chi connectivity index (χ2v) is 6.53. The molecule has 0 heterocycles. The van der Waals surface area contributed by atoms with Crippen molar-refractivity contribution < 1.29 is 17.9 Å². The molecule has 1 saturated carbocycles. The van der Waals surface area contributed by atoms with Gasteiger partial charge < -0.3 is 5.11 Å². The number of halogens is 2. The van der Waals surface area contributed by atoms with Crippen LogP contribution in [0.1, 0.15) is 19.3 Å². The molecule has 0 bridgehead atoms. The van der Waals surface area contributed by atoms with Gasteiger partial charge in [-0.1, -0.05) is 11.6 Å². The molecule has 1 aliphatic carbocycles. The van der Waals surface area contributed by atoms with Crippen molar-refractivity contribution in [2.45, 2.75) is 29.7 Å². The number of hydrogen-bond donors (Lipinski definition) is 2. The summed E-state index contributed by atoms with van der Waals surface area (Å²) in [6.45, 7) is -0.279. The molecule has 0 aliphatic heterocycles. The van der Waals surface area contributed by atoms with Gasteiger partial charge in [-0.2, -0.15) is 0 Å². The van der Waals surface area contributed by atoms with Gasteiger partial charge >= 0.3 is 0 Å². The zero-order valence-electron chi connectivity index (χ0n) is 9.49. The highest BCUT2D eigenvalue weighted by Gasteiger charge is 2.40. The van der Waals surface area contributed by atoms with Crippen molar-refractivity contribution in [3.8, 4) is 0 Å². The summed E-state index contributed by atoms with van der Waals surface area (Å²) in [6, 6.07) is 3.15. The van der Waals surface area contributed by atoms with Crippen LogP contribution in [0, 0.1) is 5.82 Å². The Labute approximate surface area is 110 Å². The highest BCUT2D eigenvalue weighted by Crippen LogP contribution is 2.33. The fourth-order valence-corrected chi connectivity index (χ4v) is 3.88. The summed E-state index contributed by atoms with van der Waals surface area (Å²) in [5, 5.41) is 9.19. The molecule has 7 heteroatoms. The molecule has 1 fully saturated rings. The first-order valence-corrected chi connectivity index (χ1v) is 7.35. The van der Waals surface area contributed by atoms with Crippen molar-refractivity contribution in [1.82, 2.24) is 4.72 Å². The van der Waals surface area contributed by atoms with Gasteiger partial charge in [-0.05, 0) is 37.5 Å². The molecule has 18 heavy (non-hydrogen) atoms. The van der Waals surface area contributed by atoms with Gasteiger partial charge in [0.05, 0.1) is 17.2 Å². The van der Waals surface area contributed by atoms with Crippen LogP contribution in [0.15, 0.2) is 23.1 Å². The van der Waals surface area contributed by atoms with Gasteiger partial charge in [-0.3, -0.25) is 0 Å². The molecule has 2 rings (SSSR count). The van der Waals surface area contributed by atoms with Crippen molar-refractivity contribution in [3.63, 3.8) is 0 Å². The van der Waals surface area contributed by atoms with E-state index in [2.05, 4.69) is 4.72 Å². The molecule has 0 amide bonds. The number of benzene rings is 1. The van der Waals surface area contributed by atoms with Gasteiger partial charge in [-0.25, -0.2) is 17.5 Å². The molecule has 0 saturated heterocycles. The standard InChI is InChI=1S/C11H13ClFNO3S/c12-9-3-2-8(13)6-10(9)18(16,17)14-11(7-15)4-1-5-11/h2-3,6,14-15H,1,4-5,7H2. The van der Waals surface area contributed by atoms with Gasteiger partial charge in [0.2, 0.25) is 10.0 Å². The van der Waals surface area contributed by atoms with Crippen LogP contribution < -0.4 is 4.72 Å². The van der Waals surface area contributed by atoms with Gasteiger partial charge in [-0.15, -0.1) is 0 Å². The Balaban J connectivity index is 2.33. The third-order valence-corrected chi connectivity index (χ3v) is 5.21. The predicted octanol–water partition coefficient (Wildman–Crippen LogP) is 1.67. The lowest BCUT2D eigenvalue weighted by Crippen LogP contribution is -2.56. The molecule has 0 aromatic heterocycles. The fourth-order valence-electron chi connectivity index (χ4n) is 1.92. The van der Waals surface area contributed by atoms with E-state index in [1.54, 1.807) is 0 Å². The van der Waals surface area contributed by atoms with Crippen LogP contribution in [0.4, 0.5) is 4.39 Å². The van der Waals surface area contributed by atoms with E-state index in [0.29, 0.717) is 12.8 Å². The van der Waals surface area contributed by atoms with Crippen molar-refractivity contribution in [1.29, 1.82) is 0 Å². The zero-order chi connectivity index (χ0) is 13.4. The summed E-state index contributed by atoms with van der Waals surface area (Å²) in [5.74, 6) is -0.675. The molecule has 2 N–H and O–H groups in total. The zero-order valence-corrected chi connectivity index (χ0v) is 11.1. The molecule has 0 spiro atoms. The third kappa shape index (κ3) is 2.51. The topological polar surface area (TPSA) is 66.4 Å². The summed E-state index contributed by atoms with van der Waals surface area (Å²) in [4.78, 5) is -0.302. The number of hydrogen-bond acceptors (Lipinski definition) is 3. The fraction of sp³-hybridized carbons (Fsp3) is 0.455. The molecule has 1 aliphatic rings. The second-order valence-electron chi connectivity index (χ2n) is 4.47. The Kier molecular flexibility index (Phi) is 3.64. The molecule has 1 aromatic carbocycles. The Bertz CT molecular complexity index is 552. The molecule has 1 aromatic rings. The van der Waals surface area contributed by atoms with Crippen LogP contribution in [0.3, 0.4) is 0 Å². The van der Waals surface area contributed by atoms with Crippen LogP contribution in [0.2, 0.25) is 5.02 Å². The van der Waals surface area contributed by atoms with Gasteiger partial charge in [0.1, 0.15) is 10.7 Å². The summed E-state index contributed by atoms with van der Waals surface area (Å²) >= 11 is 5.77. The maximum absolute atomic E-state index is 13.1. The highest BCUT2D eigenvalue weighted by molar-refractivity contribution is 7.89. The van der Waals surface area contributed by atoms with E-state index in [-0.39, 0.29) is 16.5 Å². The van der Waals surface area contributed by atoms with E-state index >= 15 is 0 Å².